The summed E-state index contributed by atoms with van der Waals surface area (Å²) in [4.78, 5) is 12.1. The zero-order valence-electron chi connectivity index (χ0n) is 10.8. The molecule has 2 aromatic carbocycles. The van der Waals surface area contributed by atoms with Gasteiger partial charge in [0.05, 0.1) is 5.69 Å². The van der Waals surface area contributed by atoms with Crippen molar-refractivity contribution < 1.29 is 9.18 Å². The monoisotopic (exact) mass is 258 g/mol. The third kappa shape index (κ3) is 2.91. The smallest absolute Gasteiger partial charge is 0.255 e. The van der Waals surface area contributed by atoms with Crippen LogP contribution in [0.25, 0.3) is 0 Å². The van der Waals surface area contributed by atoms with Crippen molar-refractivity contribution in [3.8, 4) is 0 Å². The predicted octanol–water partition coefficient (Wildman–Crippen LogP) is 3.28. The van der Waals surface area contributed by atoms with E-state index in [2.05, 4.69) is 5.32 Å². The highest BCUT2D eigenvalue weighted by molar-refractivity contribution is 6.05. The first-order chi connectivity index (χ1) is 8.97. The molecule has 0 fully saturated rings. The molecule has 2 rings (SSSR count). The van der Waals surface area contributed by atoms with E-state index in [4.69, 9.17) is 5.73 Å². The molecule has 0 aromatic heterocycles. The highest BCUT2D eigenvalue weighted by Gasteiger charge is 2.09. The third-order valence-electron chi connectivity index (χ3n) is 2.90. The van der Waals surface area contributed by atoms with E-state index in [0.29, 0.717) is 5.56 Å². The zero-order chi connectivity index (χ0) is 14.0. The first-order valence-electron chi connectivity index (χ1n) is 5.91. The van der Waals surface area contributed by atoms with Crippen LogP contribution >= 0.6 is 0 Å². The maximum atomic E-state index is 13.0. The first kappa shape index (κ1) is 13.1. The number of aryl methyl sites for hydroxylation is 2. The minimum Gasteiger partial charge on any atom is -0.396 e. The summed E-state index contributed by atoms with van der Waals surface area (Å²) < 4.78 is 13.0. The van der Waals surface area contributed by atoms with Crippen molar-refractivity contribution in [2.24, 2.45) is 0 Å². The normalized spacial score (nSPS) is 10.3. The standard InChI is InChI=1S/C15H15FN2O/c1-9-3-4-10(2)14(7-9)18-15(19)11-5-6-12(16)13(17)8-11/h3-8H,17H2,1-2H3,(H,18,19). The summed E-state index contributed by atoms with van der Waals surface area (Å²) in [6.45, 7) is 3.86. The Balaban J connectivity index is 2.25. The van der Waals surface area contributed by atoms with E-state index in [0.717, 1.165) is 16.8 Å². The quantitative estimate of drug-likeness (QED) is 0.812. The van der Waals surface area contributed by atoms with E-state index < -0.39 is 5.82 Å². The molecule has 3 N–H and O–H groups in total. The predicted molar refractivity (Wildman–Crippen MR) is 74.7 cm³/mol. The number of nitrogens with one attached hydrogen (secondary N) is 1. The summed E-state index contributed by atoms with van der Waals surface area (Å²) in [5.41, 5.74) is 8.52. The number of nitrogens with two attached hydrogens (primary N) is 1. The van der Waals surface area contributed by atoms with Crippen molar-refractivity contribution in [2.45, 2.75) is 13.8 Å². The van der Waals surface area contributed by atoms with E-state index >= 15 is 0 Å². The number of hydrogen-bond donors (Lipinski definition) is 2. The van der Waals surface area contributed by atoms with E-state index in [1.165, 1.54) is 18.2 Å². The summed E-state index contributed by atoms with van der Waals surface area (Å²) in [6.07, 6.45) is 0. The van der Waals surface area contributed by atoms with E-state index in [-0.39, 0.29) is 11.6 Å². The number of benzene rings is 2. The molecule has 0 saturated carbocycles. The summed E-state index contributed by atoms with van der Waals surface area (Å²) in [7, 11) is 0. The number of hydrogen-bond acceptors (Lipinski definition) is 2. The Morgan fingerprint density at radius 3 is 2.58 bits per heavy atom. The SMILES string of the molecule is Cc1ccc(C)c(NC(=O)c2ccc(F)c(N)c2)c1. The highest BCUT2D eigenvalue weighted by atomic mass is 19.1. The molecule has 0 aliphatic heterocycles. The van der Waals surface area contributed by atoms with Crippen molar-refractivity contribution >= 4 is 17.3 Å². The van der Waals surface area contributed by atoms with Crippen LogP contribution in [0.4, 0.5) is 15.8 Å². The number of carbonyl (C=O) groups excluding carboxylic acids is 1. The van der Waals surface area contributed by atoms with Crippen LogP contribution in [-0.2, 0) is 0 Å². The molecular weight excluding hydrogens is 243 g/mol. The van der Waals surface area contributed by atoms with Crippen molar-refractivity contribution in [1.29, 1.82) is 0 Å². The Morgan fingerprint density at radius 2 is 1.89 bits per heavy atom. The molecule has 2 aromatic rings. The number of amides is 1. The van der Waals surface area contributed by atoms with Crippen LogP contribution < -0.4 is 11.1 Å². The van der Waals surface area contributed by atoms with Crippen molar-refractivity contribution in [2.75, 3.05) is 11.1 Å². The molecule has 0 aliphatic carbocycles. The molecule has 98 valence electrons. The van der Waals surface area contributed by atoms with Gasteiger partial charge in [0, 0.05) is 11.3 Å². The lowest BCUT2D eigenvalue weighted by Crippen LogP contribution is -2.13. The molecule has 0 saturated heterocycles. The average Bonchev–Trinajstić information content (AvgIpc) is 2.37. The number of rotatable bonds is 2. The van der Waals surface area contributed by atoms with E-state index in [9.17, 15) is 9.18 Å². The van der Waals surface area contributed by atoms with Crippen LogP contribution in [0.1, 0.15) is 21.5 Å². The van der Waals surface area contributed by atoms with Gasteiger partial charge in [-0.2, -0.15) is 0 Å². The van der Waals surface area contributed by atoms with Gasteiger partial charge in [0.15, 0.2) is 0 Å². The van der Waals surface area contributed by atoms with E-state index in [1.807, 2.05) is 32.0 Å². The van der Waals surface area contributed by atoms with E-state index in [1.54, 1.807) is 0 Å². The molecule has 0 bridgehead atoms. The molecule has 0 atom stereocenters. The van der Waals surface area contributed by atoms with Gasteiger partial charge in [-0.1, -0.05) is 12.1 Å². The number of nitrogen functional groups attached to an aromatic ring is 1. The minimum absolute atomic E-state index is 0.0337. The van der Waals surface area contributed by atoms with Gasteiger partial charge in [0.2, 0.25) is 0 Å². The second kappa shape index (κ2) is 5.10. The largest absolute Gasteiger partial charge is 0.396 e. The van der Waals surface area contributed by atoms with Gasteiger partial charge in [0.1, 0.15) is 5.82 Å². The maximum absolute atomic E-state index is 13.0. The van der Waals surface area contributed by atoms with Crippen LogP contribution in [-0.4, -0.2) is 5.91 Å². The molecule has 1 amide bonds. The molecule has 0 spiro atoms. The van der Waals surface area contributed by atoms with Crippen LogP contribution in [0.15, 0.2) is 36.4 Å². The maximum Gasteiger partial charge on any atom is 0.255 e. The minimum atomic E-state index is -0.525. The van der Waals surface area contributed by atoms with Gasteiger partial charge in [0.25, 0.3) is 5.91 Å². The fourth-order valence-corrected chi connectivity index (χ4v) is 1.75. The molecule has 0 radical (unpaired) electrons. The molecule has 19 heavy (non-hydrogen) atoms. The number of carbonyl (C=O) groups is 1. The Labute approximate surface area is 111 Å². The highest BCUT2D eigenvalue weighted by Crippen LogP contribution is 2.18. The van der Waals surface area contributed by atoms with Crippen molar-refractivity contribution in [3.05, 3.63) is 58.9 Å². The number of anilines is 2. The summed E-state index contributed by atoms with van der Waals surface area (Å²) >= 11 is 0. The second-order valence-electron chi connectivity index (χ2n) is 4.51. The molecule has 0 heterocycles. The van der Waals surface area contributed by atoms with Crippen LogP contribution in [0.2, 0.25) is 0 Å². The Hall–Kier alpha value is -2.36. The van der Waals surface area contributed by atoms with Gasteiger partial charge in [-0.15, -0.1) is 0 Å². The summed E-state index contributed by atoms with van der Waals surface area (Å²) in [5.74, 6) is -0.830. The van der Waals surface area contributed by atoms with Crippen molar-refractivity contribution in [1.82, 2.24) is 0 Å². The topological polar surface area (TPSA) is 55.1 Å². The number of halogens is 1. The third-order valence-corrected chi connectivity index (χ3v) is 2.90. The fourth-order valence-electron chi connectivity index (χ4n) is 1.75. The van der Waals surface area contributed by atoms with Gasteiger partial charge in [-0.25, -0.2) is 4.39 Å². The molecule has 4 heteroatoms. The van der Waals surface area contributed by atoms with Gasteiger partial charge in [-0.05, 0) is 49.2 Å². The Kier molecular flexibility index (Phi) is 3.51. The molecule has 0 aliphatic rings. The Bertz CT molecular complexity index is 638. The fraction of sp³-hybridized carbons (Fsp3) is 0.133. The van der Waals surface area contributed by atoms with Crippen molar-refractivity contribution in [3.63, 3.8) is 0 Å². The molecular formula is C15H15FN2O. The van der Waals surface area contributed by atoms with Gasteiger partial charge >= 0.3 is 0 Å². The average molecular weight is 258 g/mol. The first-order valence-corrected chi connectivity index (χ1v) is 5.91. The lowest BCUT2D eigenvalue weighted by Gasteiger charge is -2.10. The van der Waals surface area contributed by atoms with Crippen LogP contribution in [0, 0.1) is 19.7 Å². The van der Waals surface area contributed by atoms with Gasteiger partial charge < -0.3 is 11.1 Å². The second-order valence-corrected chi connectivity index (χ2v) is 4.51. The van der Waals surface area contributed by atoms with Gasteiger partial charge in [-0.3, -0.25) is 4.79 Å². The summed E-state index contributed by atoms with van der Waals surface area (Å²) in [6, 6.07) is 9.72. The lowest BCUT2D eigenvalue weighted by molar-refractivity contribution is 0.102. The van der Waals surface area contributed by atoms with Crippen LogP contribution in [0.3, 0.4) is 0 Å². The lowest BCUT2D eigenvalue weighted by atomic mass is 10.1. The molecule has 3 nitrogen and oxygen atoms in total. The summed E-state index contributed by atoms with van der Waals surface area (Å²) in [5, 5.41) is 2.80. The Morgan fingerprint density at radius 1 is 1.16 bits per heavy atom. The van der Waals surface area contributed by atoms with Crippen LogP contribution in [0.5, 0.6) is 0 Å². The molecule has 0 unspecified atom stereocenters. The zero-order valence-corrected chi connectivity index (χ0v) is 10.8.